The van der Waals surface area contributed by atoms with Crippen LogP contribution in [0.4, 0.5) is 0 Å². The molecule has 3 heteroatoms. The maximum absolute atomic E-state index is 10.8. The summed E-state index contributed by atoms with van der Waals surface area (Å²) in [5.41, 5.74) is 0.772. The molecule has 1 rings (SSSR count). The van der Waals surface area contributed by atoms with Gasteiger partial charge in [-0.1, -0.05) is 6.08 Å². The van der Waals surface area contributed by atoms with Crippen LogP contribution < -0.4 is 0 Å². The van der Waals surface area contributed by atoms with Gasteiger partial charge in [-0.05, 0) is 25.7 Å². The molecule has 0 atom stereocenters. The Morgan fingerprint density at radius 2 is 2.40 bits per heavy atom. The fourth-order valence-electron chi connectivity index (χ4n) is 1.10. The van der Waals surface area contributed by atoms with Crippen LogP contribution in [0.1, 0.15) is 25.7 Å². The lowest BCUT2D eigenvalue weighted by atomic mass is 10.1. The van der Waals surface area contributed by atoms with E-state index in [2.05, 4.69) is 4.84 Å². The molecule has 0 saturated heterocycles. The first kappa shape index (κ1) is 7.57. The second-order valence-corrected chi connectivity index (χ2v) is 2.38. The van der Waals surface area contributed by atoms with Crippen LogP contribution in [-0.4, -0.2) is 12.3 Å². The van der Waals surface area contributed by atoms with Crippen molar-refractivity contribution in [2.75, 3.05) is 7.11 Å². The van der Waals surface area contributed by atoms with Crippen molar-refractivity contribution in [3.05, 3.63) is 17.0 Å². The molecule has 1 aliphatic carbocycles. The molecular formula is C7H12NO2-. The van der Waals surface area contributed by atoms with Gasteiger partial charge in [0, 0.05) is 5.70 Å². The molecule has 10 heavy (non-hydrogen) atoms. The highest BCUT2D eigenvalue weighted by molar-refractivity contribution is 5.02. The van der Waals surface area contributed by atoms with Gasteiger partial charge in [0.2, 0.25) is 0 Å². The fourth-order valence-corrected chi connectivity index (χ4v) is 1.10. The minimum absolute atomic E-state index is 0.596. The smallest absolute Gasteiger partial charge is 0.0628 e. The molecule has 0 fully saturated rings. The molecule has 0 N–H and O–H groups in total. The van der Waals surface area contributed by atoms with Gasteiger partial charge in [-0.25, -0.2) is 0 Å². The molecule has 0 aromatic carbocycles. The molecule has 0 spiro atoms. The molecule has 0 aromatic heterocycles. The topological polar surface area (TPSA) is 35.5 Å². The molecule has 0 radical (unpaired) electrons. The molecule has 0 saturated carbocycles. The first-order chi connectivity index (χ1) is 4.84. The zero-order valence-electron chi connectivity index (χ0n) is 6.17. The van der Waals surface area contributed by atoms with E-state index in [0.717, 1.165) is 25.0 Å². The van der Waals surface area contributed by atoms with Gasteiger partial charge in [-0.3, -0.25) is 4.84 Å². The first-order valence-corrected chi connectivity index (χ1v) is 3.55. The number of hydrogen-bond donors (Lipinski definition) is 0. The van der Waals surface area contributed by atoms with E-state index in [1.807, 2.05) is 6.08 Å². The van der Waals surface area contributed by atoms with E-state index in [9.17, 15) is 5.21 Å². The number of hydroxylamine groups is 2. The molecule has 0 amide bonds. The number of rotatable bonds is 2. The van der Waals surface area contributed by atoms with E-state index in [4.69, 9.17) is 0 Å². The van der Waals surface area contributed by atoms with Crippen LogP contribution in [0.25, 0.3) is 0 Å². The summed E-state index contributed by atoms with van der Waals surface area (Å²) in [5.74, 6) is 0. The van der Waals surface area contributed by atoms with Gasteiger partial charge >= 0.3 is 0 Å². The Labute approximate surface area is 60.8 Å². The molecule has 0 bridgehead atoms. The van der Waals surface area contributed by atoms with Crippen molar-refractivity contribution in [3.8, 4) is 0 Å². The normalized spacial score (nSPS) is 18.4. The Bertz CT molecular complexity index is 134. The van der Waals surface area contributed by atoms with Crippen LogP contribution in [0.2, 0.25) is 0 Å². The lowest BCUT2D eigenvalue weighted by molar-refractivity contribution is -0.0602. The average molecular weight is 142 g/mol. The minimum atomic E-state index is 0.596. The number of hydrogen-bond acceptors (Lipinski definition) is 3. The second-order valence-electron chi connectivity index (χ2n) is 2.38. The highest BCUT2D eigenvalue weighted by Crippen LogP contribution is 2.19. The van der Waals surface area contributed by atoms with Crippen molar-refractivity contribution >= 4 is 0 Å². The monoisotopic (exact) mass is 142 g/mol. The van der Waals surface area contributed by atoms with Gasteiger partial charge in [-0.15, -0.1) is 0 Å². The molecule has 3 nitrogen and oxygen atoms in total. The summed E-state index contributed by atoms with van der Waals surface area (Å²) >= 11 is 0. The van der Waals surface area contributed by atoms with Crippen molar-refractivity contribution in [3.63, 3.8) is 0 Å². The summed E-state index contributed by atoms with van der Waals surface area (Å²) in [6.45, 7) is 0. The maximum atomic E-state index is 10.8. The second kappa shape index (κ2) is 3.58. The largest absolute Gasteiger partial charge is 0.734 e. The molecule has 0 heterocycles. The van der Waals surface area contributed by atoms with E-state index in [1.54, 1.807) is 0 Å². The number of nitrogens with zero attached hydrogens (tertiary/aromatic N) is 1. The minimum Gasteiger partial charge on any atom is -0.734 e. The third-order valence-electron chi connectivity index (χ3n) is 1.67. The highest BCUT2D eigenvalue weighted by atomic mass is 16.9. The molecule has 58 valence electrons. The molecule has 0 aliphatic heterocycles. The fraction of sp³-hybridized carbons (Fsp3) is 0.714. The zero-order valence-corrected chi connectivity index (χ0v) is 6.17. The summed E-state index contributed by atoms with van der Waals surface area (Å²) in [7, 11) is 1.39. The van der Waals surface area contributed by atoms with Crippen molar-refractivity contribution < 1.29 is 4.84 Å². The molecule has 0 aromatic rings. The quantitative estimate of drug-likeness (QED) is 0.551. The zero-order chi connectivity index (χ0) is 7.40. The Balaban J connectivity index is 2.44. The SMILES string of the molecule is CON([O-])C1=CCCCC1. The standard InChI is InChI=1S/C7H12NO2/c1-10-8(9)7-5-3-2-4-6-7/h5H,2-4,6H2,1H3/q-1. The van der Waals surface area contributed by atoms with Crippen LogP contribution in [0.5, 0.6) is 0 Å². The van der Waals surface area contributed by atoms with Gasteiger partial charge in [0.15, 0.2) is 0 Å². The molecular weight excluding hydrogens is 130 g/mol. The van der Waals surface area contributed by atoms with Crippen molar-refractivity contribution in [2.45, 2.75) is 25.7 Å². The van der Waals surface area contributed by atoms with E-state index < -0.39 is 0 Å². The van der Waals surface area contributed by atoms with Gasteiger partial charge in [0.05, 0.1) is 7.11 Å². The van der Waals surface area contributed by atoms with Crippen LogP contribution in [0, 0.1) is 5.21 Å². The Hall–Kier alpha value is -0.540. The number of allylic oxidation sites excluding steroid dienone is 2. The summed E-state index contributed by atoms with van der Waals surface area (Å²) < 4.78 is 0. The van der Waals surface area contributed by atoms with Crippen molar-refractivity contribution in [1.29, 1.82) is 0 Å². The van der Waals surface area contributed by atoms with Crippen LogP contribution >= 0.6 is 0 Å². The summed E-state index contributed by atoms with van der Waals surface area (Å²) in [6.07, 6.45) is 6.11. The first-order valence-electron chi connectivity index (χ1n) is 3.55. The summed E-state index contributed by atoms with van der Waals surface area (Å²) in [5, 5.41) is 11.4. The van der Waals surface area contributed by atoms with Crippen LogP contribution in [0.15, 0.2) is 11.8 Å². The summed E-state index contributed by atoms with van der Waals surface area (Å²) in [4.78, 5) is 4.50. The van der Waals surface area contributed by atoms with E-state index in [-0.39, 0.29) is 0 Å². The van der Waals surface area contributed by atoms with E-state index >= 15 is 0 Å². The van der Waals surface area contributed by atoms with Crippen molar-refractivity contribution in [2.24, 2.45) is 0 Å². The van der Waals surface area contributed by atoms with Gasteiger partial charge in [-0.2, -0.15) is 0 Å². The predicted molar refractivity (Wildman–Crippen MR) is 38.8 cm³/mol. The van der Waals surface area contributed by atoms with E-state index in [1.165, 1.54) is 13.5 Å². The highest BCUT2D eigenvalue weighted by Gasteiger charge is 2.03. The maximum Gasteiger partial charge on any atom is 0.0628 e. The van der Waals surface area contributed by atoms with Gasteiger partial charge in [0.1, 0.15) is 0 Å². The average Bonchev–Trinajstić information content (AvgIpc) is 2.05. The third kappa shape index (κ3) is 1.72. The lowest BCUT2D eigenvalue weighted by Crippen LogP contribution is -2.15. The van der Waals surface area contributed by atoms with Crippen LogP contribution in [-0.2, 0) is 4.84 Å². The Kier molecular flexibility index (Phi) is 2.71. The third-order valence-corrected chi connectivity index (χ3v) is 1.67. The van der Waals surface area contributed by atoms with Crippen LogP contribution in [0.3, 0.4) is 0 Å². The summed E-state index contributed by atoms with van der Waals surface area (Å²) in [6, 6.07) is 0. The van der Waals surface area contributed by atoms with E-state index in [0.29, 0.717) is 5.23 Å². The van der Waals surface area contributed by atoms with Crippen molar-refractivity contribution in [1.82, 2.24) is 5.23 Å². The van der Waals surface area contributed by atoms with Gasteiger partial charge < -0.3 is 10.4 Å². The Morgan fingerprint density at radius 1 is 1.60 bits per heavy atom. The lowest BCUT2D eigenvalue weighted by Gasteiger charge is -2.31. The molecule has 0 unspecified atom stereocenters. The van der Waals surface area contributed by atoms with Gasteiger partial charge in [0.25, 0.3) is 0 Å². The Morgan fingerprint density at radius 3 is 2.90 bits per heavy atom. The molecule has 1 aliphatic rings. The predicted octanol–water partition coefficient (Wildman–Crippen LogP) is 1.81.